The summed E-state index contributed by atoms with van der Waals surface area (Å²) in [5, 5.41) is 15.2. The van der Waals surface area contributed by atoms with Gasteiger partial charge in [-0.3, -0.25) is 10.1 Å². The van der Waals surface area contributed by atoms with Crippen LogP contribution in [0.25, 0.3) is 15.9 Å². The number of aromatic nitrogens is 5. The predicted octanol–water partition coefficient (Wildman–Crippen LogP) is 3.90. The van der Waals surface area contributed by atoms with E-state index in [4.69, 9.17) is 0 Å². The summed E-state index contributed by atoms with van der Waals surface area (Å²) < 4.78 is 15.0. The minimum absolute atomic E-state index is 0.261. The molecular formula is C20H20FN7OS. The van der Waals surface area contributed by atoms with Crippen molar-refractivity contribution in [2.45, 2.75) is 26.2 Å². The smallest absolute Gasteiger partial charge is 0.268 e. The summed E-state index contributed by atoms with van der Waals surface area (Å²) in [6.45, 7) is 3.75. The Morgan fingerprint density at radius 1 is 1.20 bits per heavy atom. The van der Waals surface area contributed by atoms with Gasteiger partial charge in [-0.1, -0.05) is 0 Å². The molecule has 0 bridgehead atoms. The number of aryl methyl sites for hydroxylation is 1. The zero-order valence-corrected chi connectivity index (χ0v) is 17.2. The first kappa shape index (κ1) is 18.7. The monoisotopic (exact) mass is 425 g/mol. The molecule has 0 spiro atoms. The van der Waals surface area contributed by atoms with Crippen molar-refractivity contribution in [1.82, 2.24) is 25.0 Å². The lowest BCUT2D eigenvalue weighted by Crippen LogP contribution is -2.30. The van der Waals surface area contributed by atoms with Crippen LogP contribution in [0.4, 0.5) is 16.3 Å². The number of hydrogen-bond acceptors (Lipinski definition) is 6. The summed E-state index contributed by atoms with van der Waals surface area (Å²) in [6.07, 6.45) is 3.48. The third-order valence-electron chi connectivity index (χ3n) is 5.18. The van der Waals surface area contributed by atoms with Gasteiger partial charge in [-0.2, -0.15) is 10.1 Å². The van der Waals surface area contributed by atoms with E-state index in [-0.39, 0.29) is 11.7 Å². The van der Waals surface area contributed by atoms with Crippen molar-refractivity contribution < 1.29 is 9.18 Å². The van der Waals surface area contributed by atoms with Gasteiger partial charge in [0, 0.05) is 18.5 Å². The largest absolute Gasteiger partial charge is 0.340 e. The molecule has 8 nitrogen and oxygen atoms in total. The third kappa shape index (κ3) is 3.43. The fraction of sp³-hybridized carbons (Fsp3) is 0.300. The second-order valence-electron chi connectivity index (χ2n) is 7.29. The number of halogens is 1. The number of fused-ring (bicyclic) bond motifs is 1. The van der Waals surface area contributed by atoms with Crippen molar-refractivity contribution in [2.24, 2.45) is 0 Å². The van der Waals surface area contributed by atoms with Crippen LogP contribution in [0.15, 0.2) is 30.3 Å². The standard InChI is InChI=1S/C20H20FN7OS/c1-12-15-11-16(30-18(15)28(26-12)14-7-5-13(21)6-8-14)17(29)22-19-23-20(25-24-19)27-9-3-2-4-10-27/h5-8,11H,2-4,9-10H2,1H3,(H2,22,23,24,25,29). The van der Waals surface area contributed by atoms with Gasteiger partial charge in [0.25, 0.3) is 5.91 Å². The first-order chi connectivity index (χ1) is 14.6. The van der Waals surface area contributed by atoms with Crippen LogP contribution in [0, 0.1) is 12.7 Å². The minimum atomic E-state index is -0.305. The van der Waals surface area contributed by atoms with Gasteiger partial charge >= 0.3 is 0 Å². The fourth-order valence-corrected chi connectivity index (χ4v) is 4.71. The lowest BCUT2D eigenvalue weighted by molar-refractivity contribution is 0.103. The van der Waals surface area contributed by atoms with Crippen molar-refractivity contribution in [3.63, 3.8) is 0 Å². The first-order valence-corrected chi connectivity index (χ1v) is 10.6. The average Bonchev–Trinajstić information content (AvgIpc) is 3.46. The number of piperidine rings is 1. The SMILES string of the molecule is Cc1nn(-c2ccc(F)cc2)c2sc(C(=O)Nc3nc(N4CCCCC4)n[nH]3)cc12. The normalized spacial score (nSPS) is 14.4. The molecule has 1 aliphatic rings. The lowest BCUT2D eigenvalue weighted by Gasteiger charge is -2.24. The molecule has 1 fully saturated rings. The highest BCUT2D eigenvalue weighted by molar-refractivity contribution is 7.20. The van der Waals surface area contributed by atoms with Crippen LogP contribution in [-0.2, 0) is 0 Å². The number of rotatable bonds is 4. The molecule has 0 aliphatic carbocycles. The molecule has 4 aromatic rings. The Labute approximate surface area is 175 Å². The lowest BCUT2D eigenvalue weighted by atomic mass is 10.1. The van der Waals surface area contributed by atoms with E-state index in [2.05, 4.69) is 30.5 Å². The molecule has 1 amide bonds. The molecule has 154 valence electrons. The molecule has 30 heavy (non-hydrogen) atoms. The third-order valence-corrected chi connectivity index (χ3v) is 6.29. The molecule has 0 atom stereocenters. The minimum Gasteiger partial charge on any atom is -0.340 e. The van der Waals surface area contributed by atoms with Gasteiger partial charge in [0.1, 0.15) is 10.6 Å². The average molecular weight is 425 g/mol. The van der Waals surface area contributed by atoms with Crippen molar-refractivity contribution in [3.05, 3.63) is 46.7 Å². The van der Waals surface area contributed by atoms with Crippen molar-refractivity contribution in [1.29, 1.82) is 0 Å². The number of benzene rings is 1. The molecule has 0 saturated carbocycles. The zero-order valence-electron chi connectivity index (χ0n) is 16.4. The Kier molecular flexibility index (Phi) is 4.70. The van der Waals surface area contributed by atoms with E-state index in [1.807, 2.05) is 13.0 Å². The van der Waals surface area contributed by atoms with Gasteiger partial charge in [-0.15, -0.1) is 16.4 Å². The van der Waals surface area contributed by atoms with Gasteiger partial charge in [-0.05, 0) is 56.5 Å². The molecule has 10 heteroatoms. The van der Waals surface area contributed by atoms with Crippen molar-refractivity contribution in [3.8, 4) is 5.69 Å². The van der Waals surface area contributed by atoms with Crippen LogP contribution in [0.2, 0.25) is 0 Å². The number of aromatic amines is 1. The van der Waals surface area contributed by atoms with Crippen LogP contribution < -0.4 is 10.2 Å². The highest BCUT2D eigenvalue weighted by Crippen LogP contribution is 2.31. The Hall–Kier alpha value is -3.27. The maximum Gasteiger partial charge on any atom is 0.268 e. The molecule has 0 radical (unpaired) electrons. The Morgan fingerprint density at radius 3 is 2.73 bits per heavy atom. The zero-order chi connectivity index (χ0) is 20.7. The van der Waals surface area contributed by atoms with Crippen LogP contribution in [0.3, 0.4) is 0 Å². The van der Waals surface area contributed by atoms with E-state index in [9.17, 15) is 9.18 Å². The second kappa shape index (κ2) is 7.52. The summed E-state index contributed by atoms with van der Waals surface area (Å²) in [5.74, 6) is 0.378. The van der Waals surface area contributed by atoms with E-state index in [0.29, 0.717) is 16.8 Å². The van der Waals surface area contributed by atoms with E-state index < -0.39 is 0 Å². The predicted molar refractivity (Wildman–Crippen MR) is 114 cm³/mol. The van der Waals surface area contributed by atoms with E-state index in [1.165, 1.54) is 29.9 Å². The number of nitrogens with zero attached hydrogens (tertiary/aromatic N) is 5. The molecule has 1 aliphatic heterocycles. The number of hydrogen-bond donors (Lipinski definition) is 2. The highest BCUT2D eigenvalue weighted by atomic mass is 32.1. The fourth-order valence-electron chi connectivity index (χ4n) is 3.63. The quantitative estimate of drug-likeness (QED) is 0.518. The van der Waals surface area contributed by atoms with Gasteiger partial charge in [0.2, 0.25) is 11.9 Å². The molecule has 5 rings (SSSR count). The van der Waals surface area contributed by atoms with Gasteiger partial charge < -0.3 is 4.90 Å². The van der Waals surface area contributed by atoms with Crippen LogP contribution >= 0.6 is 11.3 Å². The maximum atomic E-state index is 13.3. The topological polar surface area (TPSA) is 91.7 Å². The Bertz CT molecular complexity index is 1200. The van der Waals surface area contributed by atoms with E-state index >= 15 is 0 Å². The molecule has 0 unspecified atom stereocenters. The molecule has 4 heterocycles. The summed E-state index contributed by atoms with van der Waals surface area (Å²) in [5.41, 5.74) is 1.54. The van der Waals surface area contributed by atoms with E-state index in [1.54, 1.807) is 16.8 Å². The Morgan fingerprint density at radius 2 is 1.97 bits per heavy atom. The van der Waals surface area contributed by atoms with Crippen molar-refractivity contribution >= 4 is 39.4 Å². The van der Waals surface area contributed by atoms with Gasteiger partial charge in [-0.25, -0.2) is 14.2 Å². The summed E-state index contributed by atoms with van der Waals surface area (Å²) in [4.78, 5) is 20.7. The number of carbonyl (C=O) groups is 1. The van der Waals surface area contributed by atoms with E-state index in [0.717, 1.165) is 47.5 Å². The van der Waals surface area contributed by atoms with Crippen LogP contribution in [-0.4, -0.2) is 44.0 Å². The molecule has 1 saturated heterocycles. The number of anilines is 2. The summed E-state index contributed by atoms with van der Waals surface area (Å²) in [6, 6.07) is 7.93. The first-order valence-electron chi connectivity index (χ1n) is 9.82. The summed E-state index contributed by atoms with van der Waals surface area (Å²) in [7, 11) is 0. The second-order valence-corrected chi connectivity index (χ2v) is 8.32. The molecule has 1 aromatic carbocycles. The van der Waals surface area contributed by atoms with Gasteiger partial charge in [0.15, 0.2) is 0 Å². The number of nitrogens with one attached hydrogen (secondary N) is 2. The molecular weight excluding hydrogens is 405 g/mol. The van der Waals surface area contributed by atoms with Crippen LogP contribution in [0.5, 0.6) is 0 Å². The highest BCUT2D eigenvalue weighted by Gasteiger charge is 2.20. The molecule has 3 aromatic heterocycles. The van der Waals surface area contributed by atoms with Crippen LogP contribution in [0.1, 0.15) is 34.6 Å². The number of thiophene rings is 1. The number of amides is 1. The summed E-state index contributed by atoms with van der Waals surface area (Å²) >= 11 is 1.33. The maximum absolute atomic E-state index is 13.3. The number of H-pyrrole nitrogens is 1. The van der Waals surface area contributed by atoms with Crippen molar-refractivity contribution in [2.75, 3.05) is 23.3 Å². The molecule has 2 N–H and O–H groups in total. The number of carbonyl (C=O) groups excluding carboxylic acids is 1. The van der Waals surface area contributed by atoms with Gasteiger partial charge in [0.05, 0.1) is 16.3 Å². The Balaban J connectivity index is 1.38.